The van der Waals surface area contributed by atoms with Gasteiger partial charge in [-0.1, -0.05) is 78.1 Å². The van der Waals surface area contributed by atoms with Gasteiger partial charge in [-0.05, 0) is 44.1 Å². The second-order valence-electron chi connectivity index (χ2n) is 8.14. The lowest BCUT2D eigenvalue weighted by Gasteiger charge is -2.23. The number of aromatic nitrogens is 2. The minimum absolute atomic E-state index is 0.187. The lowest BCUT2D eigenvalue weighted by Crippen LogP contribution is -2.28. The molecule has 4 heteroatoms. The van der Waals surface area contributed by atoms with Gasteiger partial charge in [0.25, 0.3) is 0 Å². The van der Waals surface area contributed by atoms with Gasteiger partial charge in [0.15, 0.2) is 0 Å². The van der Waals surface area contributed by atoms with Gasteiger partial charge in [-0.2, -0.15) is 0 Å². The molecule has 0 aliphatic carbocycles. The van der Waals surface area contributed by atoms with E-state index in [0.29, 0.717) is 0 Å². The van der Waals surface area contributed by atoms with Crippen LogP contribution < -0.4 is 0 Å². The molecule has 0 amide bonds. The standard InChI is InChI=1S/C24H40FN3/c1-3-5-7-9-11-13-17-27(18-14-12-10-8-6-4-2)21-28-20-26-23-16-15-22(25)19-24(23)28/h15-16,19-20H,3-14,17-18,21H2,1-2H3. The van der Waals surface area contributed by atoms with Crippen molar-refractivity contribution in [2.45, 2.75) is 97.6 Å². The molecule has 0 saturated carbocycles. The predicted molar refractivity (Wildman–Crippen MR) is 118 cm³/mol. The van der Waals surface area contributed by atoms with Crippen molar-refractivity contribution < 1.29 is 4.39 Å². The summed E-state index contributed by atoms with van der Waals surface area (Å²) in [6.45, 7) is 7.58. The molecule has 0 spiro atoms. The molecule has 28 heavy (non-hydrogen) atoms. The fraction of sp³-hybridized carbons (Fsp3) is 0.708. The van der Waals surface area contributed by atoms with Gasteiger partial charge in [0, 0.05) is 0 Å². The lowest BCUT2D eigenvalue weighted by atomic mass is 10.1. The molecular weight excluding hydrogens is 349 g/mol. The molecule has 0 aliphatic heterocycles. The lowest BCUT2D eigenvalue weighted by molar-refractivity contribution is 0.211. The third kappa shape index (κ3) is 8.30. The number of imidazole rings is 1. The minimum Gasteiger partial charge on any atom is -0.317 e. The summed E-state index contributed by atoms with van der Waals surface area (Å²) in [4.78, 5) is 6.98. The topological polar surface area (TPSA) is 21.1 Å². The van der Waals surface area contributed by atoms with Gasteiger partial charge in [-0.3, -0.25) is 4.90 Å². The smallest absolute Gasteiger partial charge is 0.125 e. The molecule has 0 aliphatic rings. The van der Waals surface area contributed by atoms with Crippen LogP contribution in [0.15, 0.2) is 24.5 Å². The van der Waals surface area contributed by atoms with Crippen LogP contribution in [0.25, 0.3) is 11.0 Å². The number of fused-ring (bicyclic) bond motifs is 1. The van der Waals surface area contributed by atoms with Gasteiger partial charge < -0.3 is 4.57 Å². The van der Waals surface area contributed by atoms with Crippen molar-refractivity contribution in [2.24, 2.45) is 0 Å². The van der Waals surface area contributed by atoms with E-state index in [1.54, 1.807) is 12.1 Å². The summed E-state index contributed by atoms with van der Waals surface area (Å²) in [5, 5.41) is 0. The number of hydrogen-bond acceptors (Lipinski definition) is 2. The highest BCUT2D eigenvalue weighted by atomic mass is 19.1. The third-order valence-electron chi connectivity index (χ3n) is 5.59. The highest BCUT2D eigenvalue weighted by Crippen LogP contribution is 2.16. The number of benzene rings is 1. The molecule has 0 atom stereocenters. The largest absolute Gasteiger partial charge is 0.317 e. The number of rotatable bonds is 16. The van der Waals surface area contributed by atoms with Crippen LogP contribution in [0.5, 0.6) is 0 Å². The first-order valence-electron chi connectivity index (χ1n) is 11.6. The summed E-state index contributed by atoms with van der Waals surface area (Å²) >= 11 is 0. The van der Waals surface area contributed by atoms with Crippen LogP contribution in [0.2, 0.25) is 0 Å². The van der Waals surface area contributed by atoms with Crippen molar-refractivity contribution in [3.05, 3.63) is 30.3 Å². The zero-order valence-corrected chi connectivity index (χ0v) is 18.1. The SMILES string of the molecule is CCCCCCCCN(CCCCCCCC)Cn1cnc2ccc(F)cc21. The van der Waals surface area contributed by atoms with E-state index in [1.165, 1.54) is 83.1 Å². The van der Waals surface area contributed by atoms with Gasteiger partial charge in [0.05, 0.1) is 24.0 Å². The first-order chi connectivity index (χ1) is 13.7. The fourth-order valence-electron chi connectivity index (χ4n) is 3.84. The highest BCUT2D eigenvalue weighted by Gasteiger charge is 2.09. The zero-order valence-electron chi connectivity index (χ0n) is 18.1. The van der Waals surface area contributed by atoms with Crippen LogP contribution in [0.3, 0.4) is 0 Å². The predicted octanol–water partition coefficient (Wildman–Crippen LogP) is 7.16. The van der Waals surface area contributed by atoms with Crippen molar-refractivity contribution in [3.63, 3.8) is 0 Å². The van der Waals surface area contributed by atoms with Gasteiger partial charge in [-0.25, -0.2) is 9.37 Å². The average molecular weight is 390 g/mol. The number of hydrogen-bond donors (Lipinski definition) is 0. The van der Waals surface area contributed by atoms with Crippen LogP contribution in [-0.4, -0.2) is 27.5 Å². The van der Waals surface area contributed by atoms with Crippen molar-refractivity contribution >= 4 is 11.0 Å². The molecule has 158 valence electrons. The minimum atomic E-state index is -0.187. The molecule has 0 unspecified atom stereocenters. The summed E-state index contributed by atoms with van der Waals surface area (Å²) < 4.78 is 15.8. The van der Waals surface area contributed by atoms with Crippen molar-refractivity contribution in [1.29, 1.82) is 0 Å². The second-order valence-corrected chi connectivity index (χ2v) is 8.14. The molecule has 0 saturated heterocycles. The van der Waals surface area contributed by atoms with Crippen LogP contribution in [-0.2, 0) is 6.67 Å². The van der Waals surface area contributed by atoms with E-state index in [0.717, 1.165) is 30.8 Å². The van der Waals surface area contributed by atoms with Crippen LogP contribution in [0, 0.1) is 5.82 Å². The summed E-state index contributed by atoms with van der Waals surface area (Å²) in [7, 11) is 0. The van der Waals surface area contributed by atoms with E-state index in [4.69, 9.17) is 0 Å². The Kier molecular flexibility index (Phi) is 11.2. The van der Waals surface area contributed by atoms with E-state index in [1.807, 2.05) is 6.33 Å². The molecule has 0 N–H and O–H groups in total. The molecule has 0 radical (unpaired) electrons. The Morgan fingerprint density at radius 2 is 1.39 bits per heavy atom. The van der Waals surface area contributed by atoms with Crippen LogP contribution in [0.4, 0.5) is 4.39 Å². The molecule has 1 aromatic carbocycles. The summed E-state index contributed by atoms with van der Waals surface area (Å²) in [6, 6.07) is 4.87. The maximum atomic E-state index is 13.7. The Morgan fingerprint density at radius 1 is 0.821 bits per heavy atom. The van der Waals surface area contributed by atoms with Crippen LogP contribution >= 0.6 is 0 Å². The Morgan fingerprint density at radius 3 is 2.00 bits per heavy atom. The van der Waals surface area contributed by atoms with Crippen LogP contribution in [0.1, 0.15) is 90.9 Å². The fourth-order valence-corrected chi connectivity index (χ4v) is 3.84. The third-order valence-corrected chi connectivity index (χ3v) is 5.59. The van der Waals surface area contributed by atoms with Crippen molar-refractivity contribution in [3.8, 4) is 0 Å². The summed E-state index contributed by atoms with van der Waals surface area (Å²) in [6.07, 6.45) is 17.7. The van der Waals surface area contributed by atoms with Gasteiger partial charge in [-0.15, -0.1) is 0 Å². The number of halogens is 1. The molecule has 1 heterocycles. The molecule has 2 aromatic rings. The van der Waals surface area contributed by atoms with E-state index in [2.05, 4.69) is 28.3 Å². The molecule has 3 nitrogen and oxygen atoms in total. The van der Waals surface area contributed by atoms with E-state index in [9.17, 15) is 4.39 Å². The Balaban J connectivity index is 1.85. The first kappa shape index (κ1) is 22.9. The average Bonchev–Trinajstić information content (AvgIpc) is 3.08. The highest BCUT2D eigenvalue weighted by molar-refractivity contribution is 5.75. The number of nitrogens with zero attached hydrogens (tertiary/aromatic N) is 3. The van der Waals surface area contributed by atoms with Gasteiger partial charge in [0.1, 0.15) is 5.82 Å². The van der Waals surface area contributed by atoms with E-state index < -0.39 is 0 Å². The van der Waals surface area contributed by atoms with E-state index in [-0.39, 0.29) is 5.82 Å². The Labute approximate surface area is 171 Å². The molecule has 0 fully saturated rings. The molecule has 0 bridgehead atoms. The number of unbranched alkanes of at least 4 members (excludes halogenated alkanes) is 10. The van der Waals surface area contributed by atoms with Gasteiger partial charge >= 0.3 is 0 Å². The maximum absolute atomic E-state index is 13.7. The van der Waals surface area contributed by atoms with Crippen molar-refractivity contribution in [1.82, 2.24) is 14.5 Å². The molecule has 2 rings (SSSR count). The monoisotopic (exact) mass is 389 g/mol. The maximum Gasteiger partial charge on any atom is 0.125 e. The second kappa shape index (κ2) is 13.7. The summed E-state index contributed by atoms with van der Waals surface area (Å²) in [5.74, 6) is -0.187. The molecular formula is C24H40FN3. The normalized spacial score (nSPS) is 11.7. The van der Waals surface area contributed by atoms with Crippen molar-refractivity contribution in [2.75, 3.05) is 13.1 Å². The summed E-state index contributed by atoms with van der Waals surface area (Å²) in [5.41, 5.74) is 1.77. The molecule has 1 aromatic heterocycles. The van der Waals surface area contributed by atoms with E-state index >= 15 is 0 Å². The Hall–Kier alpha value is -1.42. The Bertz CT molecular complexity index is 636. The quantitative estimate of drug-likeness (QED) is 0.284. The first-order valence-corrected chi connectivity index (χ1v) is 11.6. The zero-order chi connectivity index (χ0) is 20.0. The van der Waals surface area contributed by atoms with Gasteiger partial charge in [0.2, 0.25) is 0 Å².